The van der Waals surface area contributed by atoms with E-state index < -0.39 is 6.10 Å². The van der Waals surface area contributed by atoms with Crippen molar-refractivity contribution >= 4 is 17.9 Å². The normalized spacial score (nSPS) is 12.0. The highest BCUT2D eigenvalue weighted by Crippen LogP contribution is 2.19. The average molecular weight is 1070 g/mol. The van der Waals surface area contributed by atoms with Gasteiger partial charge in [0, 0.05) is 19.3 Å². The number of esters is 3. The van der Waals surface area contributed by atoms with Crippen molar-refractivity contribution in [1.29, 1.82) is 0 Å². The molecule has 0 saturated heterocycles. The molecule has 0 rings (SSSR count). The number of carbonyl (C=O) groups is 3. The van der Waals surface area contributed by atoms with E-state index in [2.05, 4.69) is 32.9 Å². The van der Waals surface area contributed by atoms with Gasteiger partial charge in [0.25, 0.3) is 0 Å². The van der Waals surface area contributed by atoms with E-state index in [-0.39, 0.29) is 31.1 Å². The minimum Gasteiger partial charge on any atom is -0.462 e. The smallest absolute Gasteiger partial charge is 0.306 e. The van der Waals surface area contributed by atoms with Crippen LogP contribution in [0.2, 0.25) is 0 Å². The van der Waals surface area contributed by atoms with Crippen LogP contribution >= 0.6 is 0 Å². The van der Waals surface area contributed by atoms with Crippen LogP contribution in [0.1, 0.15) is 400 Å². The Bertz CT molecular complexity index is 1180. The molecule has 0 aliphatic carbocycles. The number of hydrogen-bond acceptors (Lipinski definition) is 6. The van der Waals surface area contributed by atoms with Gasteiger partial charge >= 0.3 is 17.9 Å². The molecule has 0 N–H and O–H groups in total. The Kier molecular flexibility index (Phi) is 64.1. The number of rotatable bonds is 65. The first-order chi connectivity index (χ1) is 37.5. The molecule has 1 unspecified atom stereocenters. The van der Waals surface area contributed by atoms with E-state index in [0.717, 1.165) is 57.8 Å². The molecule has 0 radical (unpaired) electrons. The van der Waals surface area contributed by atoms with Gasteiger partial charge in [0.2, 0.25) is 0 Å². The zero-order valence-electron chi connectivity index (χ0n) is 51.8. The topological polar surface area (TPSA) is 78.9 Å². The Balaban J connectivity index is 4.13. The molecule has 0 heterocycles. The van der Waals surface area contributed by atoms with Gasteiger partial charge < -0.3 is 14.2 Å². The predicted octanol–water partition coefficient (Wildman–Crippen LogP) is 23.6. The van der Waals surface area contributed by atoms with E-state index >= 15 is 0 Å². The highest BCUT2D eigenvalue weighted by molar-refractivity contribution is 5.71. The SMILES string of the molecule is CCCCCCCC/C=C\CCCCCCCCCCCC(=O)OC(COC(=O)CCCCCCCCCCCCC)COC(=O)CCCCCCCCCCCCCCCCCCCCCCCCCCCCCC. The summed E-state index contributed by atoms with van der Waals surface area (Å²) in [6, 6.07) is 0. The minimum atomic E-state index is -0.766. The lowest BCUT2D eigenvalue weighted by atomic mass is 10.0. The third-order valence-electron chi connectivity index (χ3n) is 16.0. The summed E-state index contributed by atoms with van der Waals surface area (Å²) in [6.07, 6.45) is 78.2. The van der Waals surface area contributed by atoms with Gasteiger partial charge in [-0.15, -0.1) is 0 Å². The molecule has 0 saturated carbocycles. The molecular formula is C70H134O6. The largest absolute Gasteiger partial charge is 0.462 e. The number of ether oxygens (including phenoxy) is 3. The molecule has 0 bridgehead atoms. The predicted molar refractivity (Wildman–Crippen MR) is 330 cm³/mol. The van der Waals surface area contributed by atoms with E-state index in [9.17, 15) is 14.4 Å². The fourth-order valence-electron chi connectivity index (χ4n) is 10.8. The van der Waals surface area contributed by atoms with Gasteiger partial charge in [0.05, 0.1) is 0 Å². The van der Waals surface area contributed by atoms with Crippen molar-refractivity contribution in [2.24, 2.45) is 0 Å². The molecule has 0 aromatic heterocycles. The molecule has 0 spiro atoms. The highest BCUT2D eigenvalue weighted by Gasteiger charge is 2.19. The Labute approximate surface area is 475 Å². The van der Waals surface area contributed by atoms with Crippen LogP contribution in [-0.4, -0.2) is 37.2 Å². The molecule has 1 atom stereocenters. The second-order valence-corrected chi connectivity index (χ2v) is 23.8. The van der Waals surface area contributed by atoms with E-state index in [4.69, 9.17) is 14.2 Å². The maximum absolute atomic E-state index is 12.9. The van der Waals surface area contributed by atoms with Crippen molar-refractivity contribution in [1.82, 2.24) is 0 Å². The van der Waals surface area contributed by atoms with Crippen LogP contribution in [0.4, 0.5) is 0 Å². The summed E-state index contributed by atoms with van der Waals surface area (Å²) in [6.45, 7) is 6.71. The second-order valence-electron chi connectivity index (χ2n) is 23.8. The van der Waals surface area contributed by atoms with E-state index in [1.54, 1.807) is 0 Å². The van der Waals surface area contributed by atoms with E-state index in [1.165, 1.54) is 302 Å². The first-order valence-electron chi connectivity index (χ1n) is 34.7. The Morgan fingerprint density at radius 2 is 0.434 bits per heavy atom. The van der Waals surface area contributed by atoms with Crippen molar-refractivity contribution in [3.63, 3.8) is 0 Å². The summed E-state index contributed by atoms with van der Waals surface area (Å²) in [5, 5.41) is 0. The van der Waals surface area contributed by atoms with Gasteiger partial charge in [-0.3, -0.25) is 14.4 Å². The summed E-state index contributed by atoms with van der Waals surface area (Å²) in [4.78, 5) is 38.3. The van der Waals surface area contributed by atoms with Crippen LogP contribution < -0.4 is 0 Å². The van der Waals surface area contributed by atoms with Gasteiger partial charge in [0.1, 0.15) is 13.2 Å². The van der Waals surface area contributed by atoms with Crippen LogP contribution in [0, 0.1) is 0 Å². The van der Waals surface area contributed by atoms with Crippen LogP contribution in [0.15, 0.2) is 12.2 Å². The first kappa shape index (κ1) is 74.2. The van der Waals surface area contributed by atoms with Gasteiger partial charge in [-0.2, -0.15) is 0 Å². The van der Waals surface area contributed by atoms with Crippen molar-refractivity contribution in [3.8, 4) is 0 Å². The number of unbranched alkanes of at least 4 members (excludes halogenated alkanes) is 52. The van der Waals surface area contributed by atoms with Crippen LogP contribution in [0.3, 0.4) is 0 Å². The molecule has 0 aliphatic heterocycles. The van der Waals surface area contributed by atoms with Crippen LogP contribution in [0.25, 0.3) is 0 Å². The minimum absolute atomic E-state index is 0.0642. The number of carbonyl (C=O) groups excluding carboxylic acids is 3. The molecule has 0 aromatic rings. The first-order valence-corrected chi connectivity index (χ1v) is 34.7. The lowest BCUT2D eigenvalue weighted by Crippen LogP contribution is -2.30. The maximum Gasteiger partial charge on any atom is 0.306 e. The summed E-state index contributed by atoms with van der Waals surface area (Å²) in [7, 11) is 0. The molecule has 0 fully saturated rings. The number of hydrogen-bond donors (Lipinski definition) is 0. The Morgan fingerprint density at radius 3 is 0.658 bits per heavy atom. The second kappa shape index (κ2) is 65.7. The molecule has 0 aliphatic rings. The fourth-order valence-corrected chi connectivity index (χ4v) is 10.8. The molecule has 0 aromatic carbocycles. The third kappa shape index (κ3) is 63.0. The molecular weight excluding hydrogens is 937 g/mol. The molecule has 6 nitrogen and oxygen atoms in total. The van der Waals surface area contributed by atoms with Crippen molar-refractivity contribution in [2.45, 2.75) is 406 Å². The Hall–Kier alpha value is -1.85. The van der Waals surface area contributed by atoms with E-state index in [0.29, 0.717) is 19.3 Å². The van der Waals surface area contributed by atoms with Gasteiger partial charge in [0.15, 0.2) is 6.10 Å². The zero-order valence-corrected chi connectivity index (χ0v) is 51.8. The van der Waals surface area contributed by atoms with Crippen LogP contribution in [-0.2, 0) is 28.6 Å². The molecule has 0 amide bonds. The lowest BCUT2D eigenvalue weighted by molar-refractivity contribution is -0.167. The quantitative estimate of drug-likeness (QED) is 0.0261. The van der Waals surface area contributed by atoms with Crippen molar-refractivity contribution in [2.75, 3.05) is 13.2 Å². The maximum atomic E-state index is 12.9. The fraction of sp³-hybridized carbons (Fsp3) is 0.929. The lowest BCUT2D eigenvalue weighted by Gasteiger charge is -2.18. The third-order valence-corrected chi connectivity index (χ3v) is 16.0. The standard InChI is InChI=1S/C70H134O6/c1-4-7-10-13-16-19-22-24-26-28-30-31-32-33-34-35-36-37-38-40-41-43-45-48-51-54-57-60-63-69(72)75-66-67(65-74-68(71)62-59-56-53-50-47-21-18-15-12-9-6-3)76-70(73)64-61-58-55-52-49-46-44-42-39-29-27-25-23-20-17-14-11-8-5-2/h25,27,67H,4-24,26,28-66H2,1-3H3/b27-25-. The molecule has 76 heavy (non-hydrogen) atoms. The zero-order chi connectivity index (χ0) is 55.0. The summed E-state index contributed by atoms with van der Waals surface area (Å²) >= 11 is 0. The molecule has 450 valence electrons. The summed E-state index contributed by atoms with van der Waals surface area (Å²) in [5.74, 6) is -0.835. The summed E-state index contributed by atoms with van der Waals surface area (Å²) < 4.78 is 17.0. The van der Waals surface area contributed by atoms with Gasteiger partial charge in [-0.1, -0.05) is 348 Å². The van der Waals surface area contributed by atoms with Gasteiger partial charge in [-0.05, 0) is 44.9 Å². The number of allylic oxidation sites excluding steroid dienone is 2. The van der Waals surface area contributed by atoms with Gasteiger partial charge in [-0.25, -0.2) is 0 Å². The van der Waals surface area contributed by atoms with Crippen molar-refractivity contribution in [3.05, 3.63) is 12.2 Å². The molecule has 6 heteroatoms. The average Bonchev–Trinajstić information content (AvgIpc) is 3.42. The summed E-state index contributed by atoms with van der Waals surface area (Å²) in [5.41, 5.74) is 0. The Morgan fingerprint density at radius 1 is 0.250 bits per heavy atom. The van der Waals surface area contributed by atoms with Crippen molar-refractivity contribution < 1.29 is 28.6 Å². The highest BCUT2D eigenvalue weighted by atomic mass is 16.6. The van der Waals surface area contributed by atoms with E-state index in [1.807, 2.05) is 0 Å². The van der Waals surface area contributed by atoms with Crippen LogP contribution in [0.5, 0.6) is 0 Å². The monoisotopic (exact) mass is 1070 g/mol.